The van der Waals surface area contributed by atoms with Crippen molar-refractivity contribution in [3.8, 4) is 0 Å². The van der Waals surface area contributed by atoms with E-state index < -0.39 is 23.8 Å². The van der Waals surface area contributed by atoms with Gasteiger partial charge < -0.3 is 10.1 Å². The molecule has 1 amide bonds. The highest BCUT2D eigenvalue weighted by Crippen LogP contribution is 2.22. The summed E-state index contributed by atoms with van der Waals surface area (Å²) in [6, 6.07) is 21.1. The summed E-state index contributed by atoms with van der Waals surface area (Å²) in [6.45, 7) is 1.87. The minimum atomic E-state index is -1.13. The third-order valence-corrected chi connectivity index (χ3v) is 3.93. The lowest BCUT2D eigenvalue weighted by atomic mass is 10.1. The Balaban J connectivity index is 1.83. The zero-order valence-corrected chi connectivity index (χ0v) is 14.7. The number of hydrogen-bond acceptors (Lipinski definition) is 3. The molecule has 4 nitrogen and oxygen atoms in total. The van der Waals surface area contributed by atoms with Crippen molar-refractivity contribution in [2.45, 2.75) is 13.0 Å². The molecule has 0 unspecified atom stereocenters. The molecule has 0 heterocycles. The standard InChI is InChI=1S/C22H18FNO3/c1-15-6-5-9-17(14-15)22(26)27-20(16-7-3-2-4-8-16)21(25)24-19-12-10-18(23)11-13-19/h2-14,20H,1H3,(H,24,25)/t20-/m1/s1. The van der Waals surface area contributed by atoms with Crippen LogP contribution in [0.25, 0.3) is 0 Å². The maximum absolute atomic E-state index is 13.1. The van der Waals surface area contributed by atoms with E-state index in [0.717, 1.165) is 5.56 Å². The second kappa shape index (κ2) is 8.27. The lowest BCUT2D eigenvalue weighted by Gasteiger charge is -2.18. The number of hydrogen-bond donors (Lipinski definition) is 1. The number of aryl methyl sites for hydroxylation is 1. The molecule has 0 saturated heterocycles. The highest BCUT2D eigenvalue weighted by atomic mass is 19.1. The monoisotopic (exact) mass is 363 g/mol. The largest absolute Gasteiger partial charge is 0.444 e. The summed E-state index contributed by atoms with van der Waals surface area (Å²) in [5, 5.41) is 2.65. The van der Waals surface area contributed by atoms with Crippen LogP contribution in [0.4, 0.5) is 10.1 Å². The number of carbonyl (C=O) groups excluding carboxylic acids is 2. The van der Waals surface area contributed by atoms with E-state index in [4.69, 9.17) is 4.74 Å². The first-order chi connectivity index (χ1) is 13.0. The van der Waals surface area contributed by atoms with Gasteiger partial charge in [0.2, 0.25) is 6.10 Å². The Kier molecular flexibility index (Phi) is 5.61. The molecular weight excluding hydrogens is 345 g/mol. The van der Waals surface area contributed by atoms with Gasteiger partial charge in [-0.05, 0) is 43.3 Å². The van der Waals surface area contributed by atoms with Crippen LogP contribution < -0.4 is 5.32 Å². The van der Waals surface area contributed by atoms with Crippen LogP contribution in [-0.4, -0.2) is 11.9 Å². The molecule has 0 radical (unpaired) electrons. The van der Waals surface area contributed by atoms with Crippen LogP contribution in [-0.2, 0) is 9.53 Å². The Labute approximate surface area is 156 Å². The second-order valence-corrected chi connectivity index (χ2v) is 6.06. The van der Waals surface area contributed by atoms with Gasteiger partial charge in [0.15, 0.2) is 0 Å². The summed E-state index contributed by atoms with van der Waals surface area (Å²) in [7, 11) is 0. The van der Waals surface area contributed by atoms with Crippen LogP contribution in [0.2, 0.25) is 0 Å². The molecule has 3 aromatic carbocycles. The van der Waals surface area contributed by atoms with Gasteiger partial charge in [0.05, 0.1) is 5.56 Å². The molecule has 0 aliphatic carbocycles. The molecule has 0 aliphatic heterocycles. The smallest absolute Gasteiger partial charge is 0.339 e. The van der Waals surface area contributed by atoms with E-state index >= 15 is 0 Å². The Morgan fingerprint density at radius 2 is 1.63 bits per heavy atom. The zero-order chi connectivity index (χ0) is 19.2. The summed E-state index contributed by atoms with van der Waals surface area (Å²) >= 11 is 0. The normalized spacial score (nSPS) is 11.5. The fraction of sp³-hybridized carbons (Fsp3) is 0.0909. The number of anilines is 1. The molecule has 0 aromatic heterocycles. The molecule has 3 aromatic rings. The molecule has 136 valence electrons. The van der Waals surface area contributed by atoms with Crippen molar-refractivity contribution in [1.82, 2.24) is 0 Å². The van der Waals surface area contributed by atoms with Gasteiger partial charge in [-0.3, -0.25) is 4.79 Å². The Hall–Kier alpha value is -3.47. The van der Waals surface area contributed by atoms with Crippen LogP contribution in [0, 0.1) is 12.7 Å². The molecule has 1 atom stereocenters. The zero-order valence-electron chi connectivity index (χ0n) is 14.7. The van der Waals surface area contributed by atoms with Crippen molar-refractivity contribution in [3.05, 3.63) is 101 Å². The summed E-state index contributed by atoms with van der Waals surface area (Å²) in [5.41, 5.74) is 2.23. The highest BCUT2D eigenvalue weighted by Gasteiger charge is 2.25. The van der Waals surface area contributed by atoms with Crippen molar-refractivity contribution in [1.29, 1.82) is 0 Å². The second-order valence-electron chi connectivity index (χ2n) is 6.06. The molecule has 3 rings (SSSR count). The van der Waals surface area contributed by atoms with E-state index in [0.29, 0.717) is 16.8 Å². The number of halogens is 1. The third-order valence-electron chi connectivity index (χ3n) is 3.93. The van der Waals surface area contributed by atoms with Gasteiger partial charge in [-0.15, -0.1) is 0 Å². The number of amides is 1. The van der Waals surface area contributed by atoms with Crippen LogP contribution in [0.5, 0.6) is 0 Å². The summed E-state index contributed by atoms with van der Waals surface area (Å²) < 4.78 is 18.6. The molecule has 0 aliphatic rings. The van der Waals surface area contributed by atoms with Crippen LogP contribution in [0.3, 0.4) is 0 Å². The Morgan fingerprint density at radius 1 is 0.926 bits per heavy atom. The molecule has 0 bridgehead atoms. The molecule has 0 saturated carbocycles. The molecule has 0 spiro atoms. The fourth-order valence-electron chi connectivity index (χ4n) is 2.59. The summed E-state index contributed by atoms with van der Waals surface area (Å²) in [6.07, 6.45) is -1.13. The maximum atomic E-state index is 13.1. The van der Waals surface area contributed by atoms with Crippen molar-refractivity contribution < 1.29 is 18.7 Å². The van der Waals surface area contributed by atoms with E-state index in [1.54, 1.807) is 48.5 Å². The summed E-state index contributed by atoms with van der Waals surface area (Å²) in [5.74, 6) is -1.52. The number of nitrogens with one attached hydrogen (secondary N) is 1. The Morgan fingerprint density at radius 3 is 2.30 bits per heavy atom. The van der Waals surface area contributed by atoms with E-state index in [1.165, 1.54) is 24.3 Å². The van der Waals surface area contributed by atoms with E-state index in [9.17, 15) is 14.0 Å². The number of benzene rings is 3. The first kappa shape index (κ1) is 18.3. The third kappa shape index (κ3) is 4.79. The molecule has 1 N–H and O–H groups in total. The summed E-state index contributed by atoms with van der Waals surface area (Å²) in [4.78, 5) is 25.3. The van der Waals surface area contributed by atoms with E-state index in [1.807, 2.05) is 13.0 Å². The predicted molar refractivity (Wildman–Crippen MR) is 101 cm³/mol. The van der Waals surface area contributed by atoms with Crippen LogP contribution in [0.1, 0.15) is 27.6 Å². The number of ether oxygens (including phenoxy) is 1. The molecule has 27 heavy (non-hydrogen) atoms. The van der Waals surface area contributed by atoms with Gasteiger partial charge in [-0.25, -0.2) is 9.18 Å². The molecular formula is C22H18FNO3. The average Bonchev–Trinajstić information content (AvgIpc) is 2.68. The highest BCUT2D eigenvalue weighted by molar-refractivity contribution is 5.98. The van der Waals surface area contributed by atoms with Crippen molar-refractivity contribution in [2.24, 2.45) is 0 Å². The fourth-order valence-corrected chi connectivity index (χ4v) is 2.59. The lowest BCUT2D eigenvalue weighted by Crippen LogP contribution is -2.26. The SMILES string of the molecule is Cc1cccc(C(=O)O[C@@H](C(=O)Nc2ccc(F)cc2)c2ccccc2)c1. The number of rotatable bonds is 5. The maximum Gasteiger partial charge on any atom is 0.339 e. The predicted octanol–water partition coefficient (Wildman–Crippen LogP) is 4.67. The number of esters is 1. The van der Waals surface area contributed by atoms with E-state index in [-0.39, 0.29) is 0 Å². The minimum absolute atomic E-state index is 0.366. The quantitative estimate of drug-likeness (QED) is 0.670. The molecule has 0 fully saturated rings. The number of carbonyl (C=O) groups is 2. The van der Waals surface area contributed by atoms with Gasteiger partial charge in [0, 0.05) is 11.3 Å². The van der Waals surface area contributed by atoms with Gasteiger partial charge in [-0.2, -0.15) is 0 Å². The first-order valence-corrected chi connectivity index (χ1v) is 8.42. The van der Waals surface area contributed by atoms with Gasteiger partial charge in [0.25, 0.3) is 5.91 Å². The van der Waals surface area contributed by atoms with Gasteiger partial charge in [0.1, 0.15) is 5.82 Å². The van der Waals surface area contributed by atoms with Crippen LogP contribution in [0.15, 0.2) is 78.9 Å². The van der Waals surface area contributed by atoms with Crippen molar-refractivity contribution in [2.75, 3.05) is 5.32 Å². The minimum Gasteiger partial charge on any atom is -0.444 e. The average molecular weight is 363 g/mol. The lowest BCUT2D eigenvalue weighted by molar-refractivity contribution is -0.125. The van der Waals surface area contributed by atoms with Crippen molar-refractivity contribution >= 4 is 17.6 Å². The van der Waals surface area contributed by atoms with Crippen LogP contribution >= 0.6 is 0 Å². The first-order valence-electron chi connectivity index (χ1n) is 8.42. The van der Waals surface area contributed by atoms with Crippen molar-refractivity contribution in [3.63, 3.8) is 0 Å². The topological polar surface area (TPSA) is 55.4 Å². The van der Waals surface area contributed by atoms with Gasteiger partial charge in [-0.1, -0.05) is 48.0 Å². The molecule has 5 heteroatoms. The Bertz CT molecular complexity index is 939. The van der Waals surface area contributed by atoms with Gasteiger partial charge >= 0.3 is 5.97 Å². The van der Waals surface area contributed by atoms with E-state index in [2.05, 4.69) is 5.32 Å².